The SMILES string of the molecule is NC(=O)C1C[N+](=O)C(c2ccc(N3CCNCC3)cc2)O1. The Labute approximate surface area is 122 Å². The van der Waals surface area contributed by atoms with Crippen molar-refractivity contribution >= 4 is 11.6 Å². The molecular weight excluding hydrogens is 272 g/mol. The molecule has 2 unspecified atom stereocenters. The van der Waals surface area contributed by atoms with Crippen molar-refractivity contribution in [2.75, 3.05) is 37.6 Å². The molecule has 2 fully saturated rings. The summed E-state index contributed by atoms with van der Waals surface area (Å²) in [6.45, 7) is 3.87. The highest BCUT2D eigenvalue weighted by Gasteiger charge is 2.44. The Morgan fingerprint density at radius 3 is 2.52 bits per heavy atom. The summed E-state index contributed by atoms with van der Waals surface area (Å²) in [7, 11) is 0. The molecular formula is C14H19N4O3+. The van der Waals surface area contributed by atoms with Crippen molar-refractivity contribution in [1.82, 2.24) is 5.32 Å². The Kier molecular flexibility index (Phi) is 3.85. The highest BCUT2D eigenvalue weighted by atomic mass is 16.6. The number of carbonyl (C=O) groups excluding carboxylic acids is 1. The number of hydrogen-bond donors (Lipinski definition) is 2. The number of primary amides is 1. The van der Waals surface area contributed by atoms with E-state index in [1.807, 2.05) is 24.3 Å². The third kappa shape index (κ3) is 2.88. The molecule has 0 aliphatic carbocycles. The van der Waals surface area contributed by atoms with Gasteiger partial charge in [-0.3, -0.25) is 9.53 Å². The fourth-order valence-electron chi connectivity index (χ4n) is 2.70. The van der Waals surface area contributed by atoms with Gasteiger partial charge in [-0.1, -0.05) is 0 Å². The first-order valence-electron chi connectivity index (χ1n) is 7.09. The van der Waals surface area contributed by atoms with Gasteiger partial charge in [-0.25, -0.2) is 0 Å². The van der Waals surface area contributed by atoms with Gasteiger partial charge in [0.15, 0.2) is 0 Å². The molecule has 2 aliphatic rings. The van der Waals surface area contributed by atoms with Gasteiger partial charge in [0.05, 0.1) is 5.56 Å². The van der Waals surface area contributed by atoms with E-state index >= 15 is 0 Å². The monoisotopic (exact) mass is 291 g/mol. The highest BCUT2D eigenvalue weighted by molar-refractivity contribution is 5.79. The molecule has 2 atom stereocenters. The summed E-state index contributed by atoms with van der Waals surface area (Å²) in [5.41, 5.74) is 7.05. The zero-order chi connectivity index (χ0) is 14.8. The molecule has 0 saturated carbocycles. The smallest absolute Gasteiger partial charge is 0.332 e. The molecule has 1 amide bonds. The van der Waals surface area contributed by atoms with Crippen molar-refractivity contribution in [2.24, 2.45) is 5.73 Å². The van der Waals surface area contributed by atoms with Crippen LogP contribution in [-0.4, -0.2) is 49.5 Å². The predicted molar refractivity (Wildman–Crippen MR) is 76.8 cm³/mol. The molecule has 1 aromatic carbocycles. The topological polar surface area (TPSA) is 87.7 Å². The molecule has 0 bridgehead atoms. The van der Waals surface area contributed by atoms with Gasteiger partial charge in [0, 0.05) is 41.5 Å². The van der Waals surface area contributed by atoms with Crippen LogP contribution in [0.5, 0.6) is 0 Å². The first-order valence-corrected chi connectivity index (χ1v) is 7.09. The third-order valence-corrected chi connectivity index (χ3v) is 3.88. The number of rotatable bonds is 3. The molecule has 2 heterocycles. The van der Waals surface area contributed by atoms with Crippen molar-refractivity contribution in [3.05, 3.63) is 34.7 Å². The number of nitrogens with two attached hydrogens (primary N) is 1. The number of amides is 1. The Balaban J connectivity index is 1.72. The van der Waals surface area contributed by atoms with Crippen LogP contribution >= 0.6 is 0 Å². The van der Waals surface area contributed by atoms with Crippen molar-refractivity contribution in [3.63, 3.8) is 0 Å². The van der Waals surface area contributed by atoms with Gasteiger partial charge in [0.1, 0.15) is 0 Å². The minimum atomic E-state index is -0.833. The first-order chi connectivity index (χ1) is 10.1. The molecule has 3 N–H and O–H groups in total. The van der Waals surface area contributed by atoms with Crippen molar-refractivity contribution in [1.29, 1.82) is 0 Å². The van der Waals surface area contributed by atoms with Gasteiger partial charge >= 0.3 is 6.23 Å². The maximum Gasteiger partial charge on any atom is 0.332 e. The maximum atomic E-state index is 11.8. The van der Waals surface area contributed by atoms with E-state index in [1.165, 1.54) is 0 Å². The van der Waals surface area contributed by atoms with Crippen LogP contribution in [0.15, 0.2) is 24.3 Å². The Morgan fingerprint density at radius 1 is 1.29 bits per heavy atom. The molecule has 2 saturated heterocycles. The van der Waals surface area contributed by atoms with Crippen LogP contribution in [0.3, 0.4) is 0 Å². The fourth-order valence-corrected chi connectivity index (χ4v) is 2.70. The van der Waals surface area contributed by atoms with E-state index < -0.39 is 18.2 Å². The largest absolute Gasteiger partial charge is 0.369 e. The van der Waals surface area contributed by atoms with Gasteiger partial charge in [-0.15, -0.1) is 0 Å². The lowest BCUT2D eigenvalue weighted by molar-refractivity contribution is -0.596. The summed E-state index contributed by atoms with van der Waals surface area (Å²) < 4.78 is 6.18. The second-order valence-corrected chi connectivity index (χ2v) is 5.31. The Hall–Kier alpha value is -1.99. The number of carbonyl (C=O) groups is 1. The molecule has 7 heteroatoms. The standard InChI is InChI=1S/C14H18N4O3/c15-13(19)12-9-18(20)14(21-12)10-1-3-11(4-2-10)17-7-5-16-6-8-17/h1-4,12,14,16H,5-9H2,(H-,15,19)/p+1. The van der Waals surface area contributed by atoms with E-state index in [9.17, 15) is 9.70 Å². The van der Waals surface area contributed by atoms with Crippen molar-refractivity contribution < 1.29 is 14.3 Å². The number of piperazine rings is 1. The zero-order valence-electron chi connectivity index (χ0n) is 11.7. The van der Waals surface area contributed by atoms with Gasteiger partial charge in [0.25, 0.3) is 5.91 Å². The molecule has 1 aromatic rings. The number of nitrogens with one attached hydrogen (secondary N) is 1. The van der Waals surface area contributed by atoms with Gasteiger partial charge in [-0.05, 0) is 24.3 Å². The predicted octanol–water partition coefficient (Wildman–Crippen LogP) is -0.242. The van der Waals surface area contributed by atoms with E-state index in [-0.39, 0.29) is 6.54 Å². The van der Waals surface area contributed by atoms with Gasteiger partial charge in [0.2, 0.25) is 12.6 Å². The van der Waals surface area contributed by atoms with Gasteiger partial charge in [-0.2, -0.15) is 0 Å². The quantitative estimate of drug-likeness (QED) is 0.750. The van der Waals surface area contributed by atoms with Crippen LogP contribution in [0, 0.1) is 4.91 Å². The van der Waals surface area contributed by atoms with E-state index in [2.05, 4.69) is 10.2 Å². The van der Waals surface area contributed by atoms with E-state index in [1.54, 1.807) is 0 Å². The van der Waals surface area contributed by atoms with Gasteiger partial charge < -0.3 is 16.0 Å². The number of anilines is 1. The van der Waals surface area contributed by atoms with Crippen LogP contribution < -0.4 is 16.0 Å². The van der Waals surface area contributed by atoms with E-state index in [0.717, 1.165) is 42.2 Å². The average Bonchev–Trinajstić information content (AvgIpc) is 2.91. The number of nitroso groups, excluding NO2 is 1. The second-order valence-electron chi connectivity index (χ2n) is 5.31. The minimum absolute atomic E-state index is 0.0143. The maximum absolute atomic E-state index is 11.8. The zero-order valence-corrected chi connectivity index (χ0v) is 11.7. The summed E-state index contributed by atoms with van der Waals surface area (Å²) in [4.78, 5) is 25.2. The number of benzene rings is 1. The molecule has 0 aromatic heterocycles. The van der Waals surface area contributed by atoms with Crippen molar-refractivity contribution in [3.8, 4) is 0 Å². The van der Waals surface area contributed by atoms with Crippen LogP contribution in [0.2, 0.25) is 0 Å². The summed E-state index contributed by atoms with van der Waals surface area (Å²) >= 11 is 0. The Morgan fingerprint density at radius 2 is 1.95 bits per heavy atom. The number of nitrogens with zero attached hydrogens (tertiary/aromatic N) is 2. The lowest BCUT2D eigenvalue weighted by Gasteiger charge is -2.29. The van der Waals surface area contributed by atoms with Crippen LogP contribution in [0.25, 0.3) is 0 Å². The highest BCUT2D eigenvalue weighted by Crippen LogP contribution is 2.28. The van der Waals surface area contributed by atoms with E-state index in [0.29, 0.717) is 0 Å². The fraction of sp³-hybridized carbons (Fsp3) is 0.500. The normalized spacial score (nSPS) is 26.1. The van der Waals surface area contributed by atoms with Crippen LogP contribution in [-0.2, 0) is 9.53 Å². The van der Waals surface area contributed by atoms with Crippen LogP contribution in [0.1, 0.15) is 11.8 Å². The first kappa shape index (κ1) is 14.0. The minimum Gasteiger partial charge on any atom is -0.369 e. The molecule has 21 heavy (non-hydrogen) atoms. The molecule has 7 nitrogen and oxygen atoms in total. The van der Waals surface area contributed by atoms with Crippen molar-refractivity contribution in [2.45, 2.75) is 12.3 Å². The lowest BCUT2D eigenvalue weighted by Crippen LogP contribution is -2.43. The molecule has 0 spiro atoms. The average molecular weight is 291 g/mol. The Bertz CT molecular complexity index is 540. The second kappa shape index (κ2) is 5.79. The summed E-state index contributed by atoms with van der Waals surface area (Å²) in [6.07, 6.45) is -1.58. The summed E-state index contributed by atoms with van der Waals surface area (Å²) in [5, 5.41) is 3.31. The number of hydrogen-bond acceptors (Lipinski definition) is 5. The van der Waals surface area contributed by atoms with Crippen LogP contribution in [0.4, 0.5) is 5.69 Å². The molecule has 0 radical (unpaired) electrons. The lowest BCUT2D eigenvalue weighted by atomic mass is 10.1. The summed E-state index contributed by atoms with van der Waals surface area (Å²) in [6, 6.07) is 7.71. The molecule has 2 aliphatic heterocycles. The van der Waals surface area contributed by atoms with E-state index in [4.69, 9.17) is 10.5 Å². The molecule has 112 valence electrons. The molecule has 3 rings (SSSR count). The number of ether oxygens (including phenoxy) is 1. The third-order valence-electron chi connectivity index (χ3n) is 3.88. The summed E-state index contributed by atoms with van der Waals surface area (Å²) in [5.74, 6) is -0.601.